The molecule has 0 bridgehead atoms. The SMILES string of the molecule is COc1cc(/C=C(\C#N)c2nnc3n2CCCCC3)ccc1OCc1ccc(F)cc1. The Balaban J connectivity index is 1.56. The van der Waals surface area contributed by atoms with Gasteiger partial charge in [-0.2, -0.15) is 5.26 Å². The quantitative estimate of drug-likeness (QED) is 0.538. The van der Waals surface area contributed by atoms with E-state index < -0.39 is 0 Å². The largest absolute Gasteiger partial charge is 0.493 e. The molecule has 2 heterocycles. The second-order valence-electron chi connectivity index (χ2n) is 7.40. The van der Waals surface area contributed by atoms with Crippen molar-refractivity contribution in [3.05, 3.63) is 71.1 Å². The zero-order chi connectivity index (χ0) is 21.6. The molecule has 1 aromatic heterocycles. The Bertz CT molecular complexity index is 1130. The summed E-state index contributed by atoms with van der Waals surface area (Å²) in [7, 11) is 1.57. The van der Waals surface area contributed by atoms with E-state index in [0.29, 0.717) is 29.5 Å². The van der Waals surface area contributed by atoms with Crippen molar-refractivity contribution in [3.8, 4) is 17.6 Å². The predicted octanol–water partition coefficient (Wildman–Crippen LogP) is 4.80. The van der Waals surface area contributed by atoms with Gasteiger partial charge in [0.25, 0.3) is 0 Å². The Labute approximate surface area is 180 Å². The lowest BCUT2D eigenvalue weighted by Crippen LogP contribution is -2.05. The molecular weight excluding hydrogens is 395 g/mol. The molecule has 0 N–H and O–H groups in total. The van der Waals surface area contributed by atoms with Gasteiger partial charge in [-0.1, -0.05) is 24.6 Å². The maximum atomic E-state index is 13.1. The van der Waals surface area contributed by atoms with Crippen LogP contribution in [0.5, 0.6) is 11.5 Å². The van der Waals surface area contributed by atoms with E-state index in [1.807, 2.05) is 12.1 Å². The second-order valence-corrected chi connectivity index (χ2v) is 7.40. The Morgan fingerprint density at radius 1 is 1.13 bits per heavy atom. The fourth-order valence-electron chi connectivity index (χ4n) is 3.63. The molecule has 0 amide bonds. The molecule has 7 heteroatoms. The number of aryl methyl sites for hydroxylation is 1. The van der Waals surface area contributed by atoms with Crippen molar-refractivity contribution in [2.24, 2.45) is 0 Å². The van der Waals surface area contributed by atoms with Gasteiger partial charge in [-0.3, -0.25) is 0 Å². The van der Waals surface area contributed by atoms with Crippen LogP contribution in [0.25, 0.3) is 11.6 Å². The lowest BCUT2D eigenvalue weighted by atomic mass is 10.1. The minimum atomic E-state index is -0.282. The average molecular weight is 418 g/mol. The number of benzene rings is 2. The highest BCUT2D eigenvalue weighted by Crippen LogP contribution is 2.30. The fourth-order valence-corrected chi connectivity index (χ4v) is 3.63. The third-order valence-electron chi connectivity index (χ3n) is 5.28. The van der Waals surface area contributed by atoms with Gasteiger partial charge >= 0.3 is 0 Å². The number of hydrogen-bond acceptors (Lipinski definition) is 5. The fraction of sp³-hybridized carbons (Fsp3) is 0.292. The van der Waals surface area contributed by atoms with E-state index in [9.17, 15) is 9.65 Å². The van der Waals surface area contributed by atoms with Crippen molar-refractivity contribution in [2.45, 2.75) is 38.8 Å². The number of nitriles is 1. The molecule has 3 aromatic rings. The molecule has 0 spiro atoms. The summed E-state index contributed by atoms with van der Waals surface area (Å²) in [5, 5.41) is 18.3. The molecule has 0 fully saturated rings. The van der Waals surface area contributed by atoms with Gasteiger partial charge in [0.05, 0.1) is 12.7 Å². The minimum Gasteiger partial charge on any atom is -0.493 e. The molecule has 158 valence electrons. The van der Waals surface area contributed by atoms with Gasteiger partial charge in [0.15, 0.2) is 17.3 Å². The van der Waals surface area contributed by atoms with Crippen molar-refractivity contribution in [1.29, 1.82) is 5.26 Å². The van der Waals surface area contributed by atoms with Gasteiger partial charge in [0.2, 0.25) is 0 Å². The summed E-state index contributed by atoms with van der Waals surface area (Å²) >= 11 is 0. The van der Waals surface area contributed by atoms with E-state index in [2.05, 4.69) is 20.8 Å². The zero-order valence-corrected chi connectivity index (χ0v) is 17.3. The Morgan fingerprint density at radius 3 is 2.74 bits per heavy atom. The average Bonchev–Trinajstić information content (AvgIpc) is 3.04. The van der Waals surface area contributed by atoms with E-state index in [0.717, 1.165) is 49.2 Å². The van der Waals surface area contributed by atoms with Crippen LogP contribution < -0.4 is 9.47 Å². The topological polar surface area (TPSA) is 73.0 Å². The first-order valence-corrected chi connectivity index (χ1v) is 10.3. The first-order chi connectivity index (χ1) is 15.2. The van der Waals surface area contributed by atoms with E-state index in [1.54, 1.807) is 31.4 Å². The predicted molar refractivity (Wildman–Crippen MR) is 115 cm³/mol. The summed E-state index contributed by atoms with van der Waals surface area (Å²) in [4.78, 5) is 0. The second kappa shape index (κ2) is 9.43. The van der Waals surface area contributed by atoms with Crippen LogP contribution in [0, 0.1) is 17.1 Å². The number of fused-ring (bicyclic) bond motifs is 1. The minimum absolute atomic E-state index is 0.282. The number of ether oxygens (including phenoxy) is 2. The van der Waals surface area contributed by atoms with E-state index in [4.69, 9.17) is 9.47 Å². The summed E-state index contributed by atoms with van der Waals surface area (Å²) in [5.74, 6) is 2.38. The number of rotatable bonds is 6. The van der Waals surface area contributed by atoms with Crippen LogP contribution in [0.4, 0.5) is 4.39 Å². The highest BCUT2D eigenvalue weighted by molar-refractivity contribution is 5.87. The normalized spacial score (nSPS) is 13.8. The Kier molecular flexibility index (Phi) is 6.27. The van der Waals surface area contributed by atoms with Crippen LogP contribution in [0.1, 0.15) is 42.0 Å². The van der Waals surface area contributed by atoms with Crippen LogP contribution in [0.15, 0.2) is 42.5 Å². The smallest absolute Gasteiger partial charge is 0.174 e. The molecule has 0 saturated heterocycles. The molecule has 0 radical (unpaired) electrons. The highest BCUT2D eigenvalue weighted by atomic mass is 19.1. The summed E-state index contributed by atoms with van der Waals surface area (Å²) in [6, 6.07) is 13.9. The zero-order valence-electron chi connectivity index (χ0n) is 17.3. The number of halogens is 1. The number of aromatic nitrogens is 3. The number of nitrogens with zero attached hydrogens (tertiary/aromatic N) is 4. The first-order valence-electron chi connectivity index (χ1n) is 10.3. The third kappa shape index (κ3) is 4.75. The van der Waals surface area contributed by atoms with Crippen LogP contribution in [-0.4, -0.2) is 21.9 Å². The van der Waals surface area contributed by atoms with Crippen LogP contribution in [0.2, 0.25) is 0 Å². The molecule has 31 heavy (non-hydrogen) atoms. The molecule has 0 atom stereocenters. The molecule has 0 unspecified atom stereocenters. The summed E-state index contributed by atoms with van der Waals surface area (Å²) in [5.41, 5.74) is 2.11. The maximum Gasteiger partial charge on any atom is 0.174 e. The van der Waals surface area contributed by atoms with Gasteiger partial charge < -0.3 is 14.0 Å². The van der Waals surface area contributed by atoms with E-state index in [-0.39, 0.29) is 5.82 Å². The van der Waals surface area contributed by atoms with Gasteiger partial charge in [0.1, 0.15) is 24.3 Å². The van der Waals surface area contributed by atoms with E-state index in [1.165, 1.54) is 12.1 Å². The summed E-state index contributed by atoms with van der Waals surface area (Å²) in [6.07, 6.45) is 5.99. The molecule has 6 nitrogen and oxygen atoms in total. The number of methoxy groups -OCH3 is 1. The van der Waals surface area contributed by atoms with Crippen LogP contribution in [0.3, 0.4) is 0 Å². The van der Waals surface area contributed by atoms with Crippen LogP contribution >= 0.6 is 0 Å². The van der Waals surface area contributed by atoms with Crippen molar-refractivity contribution in [3.63, 3.8) is 0 Å². The van der Waals surface area contributed by atoms with Gasteiger partial charge in [0, 0.05) is 13.0 Å². The summed E-state index contributed by atoms with van der Waals surface area (Å²) < 4.78 is 26.4. The van der Waals surface area contributed by atoms with Gasteiger partial charge in [-0.15, -0.1) is 10.2 Å². The van der Waals surface area contributed by atoms with Gasteiger partial charge in [-0.25, -0.2) is 4.39 Å². The lowest BCUT2D eigenvalue weighted by Gasteiger charge is -2.12. The van der Waals surface area contributed by atoms with Crippen molar-refractivity contribution < 1.29 is 13.9 Å². The lowest BCUT2D eigenvalue weighted by molar-refractivity contribution is 0.284. The Hall–Kier alpha value is -3.66. The van der Waals surface area contributed by atoms with Crippen molar-refractivity contribution >= 4 is 11.6 Å². The highest BCUT2D eigenvalue weighted by Gasteiger charge is 2.18. The molecule has 0 aliphatic carbocycles. The molecule has 1 aliphatic rings. The molecule has 2 aromatic carbocycles. The number of allylic oxidation sites excluding steroid dienone is 1. The molecular formula is C24H23FN4O2. The first kappa shape index (κ1) is 20.6. The van der Waals surface area contributed by atoms with Crippen LogP contribution in [-0.2, 0) is 19.6 Å². The van der Waals surface area contributed by atoms with E-state index >= 15 is 0 Å². The maximum absolute atomic E-state index is 13.1. The standard InChI is InChI=1S/C24H23FN4O2/c1-30-22-14-18(8-11-21(22)31-16-17-6-9-20(25)10-7-17)13-19(15-26)24-28-27-23-5-3-2-4-12-29(23)24/h6-11,13-14H,2-5,12,16H2,1H3/b19-13+. The van der Waals surface area contributed by atoms with Crippen molar-refractivity contribution in [2.75, 3.05) is 7.11 Å². The summed E-state index contributed by atoms with van der Waals surface area (Å²) in [6.45, 7) is 1.12. The third-order valence-corrected chi connectivity index (χ3v) is 5.28. The molecule has 4 rings (SSSR count). The number of hydrogen-bond donors (Lipinski definition) is 0. The monoisotopic (exact) mass is 418 g/mol. The Morgan fingerprint density at radius 2 is 1.97 bits per heavy atom. The van der Waals surface area contributed by atoms with Gasteiger partial charge in [-0.05, 0) is 54.3 Å². The molecule has 0 saturated carbocycles. The molecule has 1 aliphatic heterocycles. The van der Waals surface area contributed by atoms with Crippen molar-refractivity contribution in [1.82, 2.24) is 14.8 Å².